The average molecular weight is 724 g/mol. The van der Waals surface area contributed by atoms with E-state index in [9.17, 15) is 32.4 Å². The van der Waals surface area contributed by atoms with E-state index in [0.717, 1.165) is 56.1 Å². The van der Waals surface area contributed by atoms with Gasteiger partial charge in [-0.05, 0) is 68.9 Å². The lowest BCUT2D eigenvalue weighted by Crippen LogP contribution is -2.59. The van der Waals surface area contributed by atoms with Crippen molar-refractivity contribution in [2.75, 3.05) is 6.54 Å². The maximum absolute atomic E-state index is 14.4. The lowest BCUT2D eigenvalue weighted by atomic mass is 10.0. The number of nitrogens with zero attached hydrogens (tertiary/aromatic N) is 2. The predicted octanol–water partition coefficient (Wildman–Crippen LogP) is 2.30. The van der Waals surface area contributed by atoms with E-state index >= 15 is 0 Å². The summed E-state index contributed by atoms with van der Waals surface area (Å²) in [5.41, 5.74) is 0.643. The Balaban J connectivity index is 1.12. The molecule has 0 spiro atoms. The van der Waals surface area contributed by atoms with Crippen LogP contribution < -0.4 is 26.0 Å². The molecule has 5 atom stereocenters. The van der Waals surface area contributed by atoms with Gasteiger partial charge in [-0.15, -0.1) is 0 Å². The van der Waals surface area contributed by atoms with Crippen molar-refractivity contribution in [3.05, 3.63) is 47.5 Å². The van der Waals surface area contributed by atoms with Crippen LogP contribution in [0.3, 0.4) is 0 Å². The van der Waals surface area contributed by atoms with Crippen LogP contribution in [0, 0.1) is 5.92 Å². The van der Waals surface area contributed by atoms with Crippen LogP contribution in [-0.4, -0.2) is 89.5 Å². The number of hydrogen-bond donors (Lipinski definition) is 5. The van der Waals surface area contributed by atoms with E-state index in [1.54, 1.807) is 4.90 Å². The highest BCUT2D eigenvalue weighted by atomic mass is 32.2. The van der Waals surface area contributed by atoms with Crippen LogP contribution in [0.25, 0.3) is 0 Å². The fourth-order valence-electron chi connectivity index (χ4n) is 8.10. The van der Waals surface area contributed by atoms with Crippen molar-refractivity contribution >= 4 is 39.8 Å². The summed E-state index contributed by atoms with van der Waals surface area (Å²) in [6.45, 7) is 0.920. The standard InChI is InChI=1S/C36H49N7O7S/c44-31-30-18-27(38-35(48)42-20-23-10-6-7-11-24(23)21-42)22-43(30)32(45)29(39-34(47)37-26-13-8-9-14-26)15-5-3-1-2-4-12-25-19-36(25,40-31)33(46)41-51(49,50)28-16-17-28/h4,6-7,10-12,25-30H,1-3,5,8-9,13-22H2,(H,38,48)(H,40,44)(H,41,46)(H2,37,39,47)/b12-4-/t25-,27-,29+,30+,36-/m1/s1. The quantitative estimate of drug-likeness (QED) is 0.279. The Morgan fingerprint density at radius 2 is 1.55 bits per heavy atom. The molecule has 3 aliphatic carbocycles. The van der Waals surface area contributed by atoms with Gasteiger partial charge >= 0.3 is 12.1 Å². The molecule has 14 nitrogen and oxygen atoms in total. The minimum atomic E-state index is -3.87. The third kappa shape index (κ3) is 7.87. The Morgan fingerprint density at radius 1 is 0.843 bits per heavy atom. The van der Waals surface area contributed by atoms with Crippen molar-refractivity contribution < 1.29 is 32.4 Å². The second-order valence-electron chi connectivity index (χ2n) is 15.2. The van der Waals surface area contributed by atoms with Gasteiger partial charge in [-0.3, -0.25) is 19.1 Å². The minimum absolute atomic E-state index is 0.0322. The van der Waals surface area contributed by atoms with Crippen LogP contribution in [-0.2, 0) is 37.5 Å². The van der Waals surface area contributed by atoms with E-state index in [1.165, 1.54) is 4.90 Å². The maximum atomic E-state index is 14.4. The molecule has 1 saturated heterocycles. The van der Waals surface area contributed by atoms with E-state index < -0.39 is 68.6 Å². The fraction of sp³-hybridized carbons (Fsp3) is 0.639. The average Bonchev–Trinajstić information content (AvgIpc) is 3.88. The molecule has 3 saturated carbocycles. The van der Waals surface area contributed by atoms with Crippen LogP contribution in [0.5, 0.6) is 0 Å². The molecule has 276 valence electrons. The van der Waals surface area contributed by atoms with Crippen LogP contribution in [0.15, 0.2) is 36.4 Å². The van der Waals surface area contributed by atoms with Gasteiger partial charge in [0.15, 0.2) is 0 Å². The van der Waals surface area contributed by atoms with Crippen molar-refractivity contribution in [3.63, 3.8) is 0 Å². The van der Waals surface area contributed by atoms with Gasteiger partial charge in [0.05, 0.1) is 11.3 Å². The molecule has 1 aromatic rings. The number of fused-ring (bicyclic) bond motifs is 3. The number of hydrogen-bond acceptors (Lipinski definition) is 7. The Kier molecular flexibility index (Phi) is 10.0. The molecular weight excluding hydrogens is 675 g/mol. The maximum Gasteiger partial charge on any atom is 0.318 e. The Hall–Kier alpha value is -4.14. The Labute approximate surface area is 298 Å². The summed E-state index contributed by atoms with van der Waals surface area (Å²) in [6, 6.07) is 4.58. The van der Waals surface area contributed by atoms with Gasteiger partial charge in [0.25, 0.3) is 5.91 Å². The molecule has 0 radical (unpaired) electrons. The van der Waals surface area contributed by atoms with Crippen LogP contribution >= 0.6 is 0 Å². The monoisotopic (exact) mass is 723 g/mol. The summed E-state index contributed by atoms with van der Waals surface area (Å²) < 4.78 is 27.8. The summed E-state index contributed by atoms with van der Waals surface area (Å²) in [4.78, 5) is 72.0. The van der Waals surface area contributed by atoms with Gasteiger partial charge in [-0.1, -0.05) is 62.1 Å². The molecule has 5 N–H and O–H groups in total. The van der Waals surface area contributed by atoms with Crippen molar-refractivity contribution in [3.8, 4) is 0 Å². The molecule has 1 aromatic carbocycles. The topological polar surface area (TPSA) is 186 Å². The summed E-state index contributed by atoms with van der Waals surface area (Å²) in [7, 11) is -3.87. The molecule has 0 aromatic heterocycles. The van der Waals surface area contributed by atoms with Gasteiger partial charge in [-0.2, -0.15) is 0 Å². The van der Waals surface area contributed by atoms with E-state index in [-0.39, 0.29) is 31.5 Å². The number of benzene rings is 1. The van der Waals surface area contributed by atoms with Crippen molar-refractivity contribution in [1.29, 1.82) is 0 Å². The number of carbonyl (C=O) groups is 5. The molecule has 3 heterocycles. The van der Waals surface area contributed by atoms with E-state index in [0.29, 0.717) is 38.8 Å². The Bertz CT molecular complexity index is 1670. The Morgan fingerprint density at radius 3 is 2.25 bits per heavy atom. The number of sulfonamides is 1. The molecule has 0 unspecified atom stereocenters. The number of carbonyl (C=O) groups excluding carboxylic acids is 5. The van der Waals surface area contributed by atoms with Crippen LogP contribution in [0.2, 0.25) is 0 Å². The smallest absolute Gasteiger partial charge is 0.318 e. The number of rotatable bonds is 6. The minimum Gasteiger partial charge on any atom is -0.339 e. The molecule has 7 amide bonds. The van der Waals surface area contributed by atoms with Gasteiger partial charge in [0.1, 0.15) is 17.6 Å². The molecule has 4 fully saturated rings. The zero-order valence-electron chi connectivity index (χ0n) is 28.9. The molecule has 0 bridgehead atoms. The second-order valence-corrected chi connectivity index (χ2v) is 17.1. The normalized spacial score (nSPS) is 30.5. The predicted molar refractivity (Wildman–Crippen MR) is 187 cm³/mol. The van der Waals surface area contributed by atoms with Crippen molar-refractivity contribution in [1.82, 2.24) is 35.8 Å². The van der Waals surface area contributed by atoms with Gasteiger partial charge in [0, 0.05) is 31.6 Å². The highest BCUT2D eigenvalue weighted by Crippen LogP contribution is 2.46. The molecule has 6 aliphatic rings. The fourth-order valence-corrected chi connectivity index (χ4v) is 9.47. The molecular formula is C36H49N7O7S. The van der Waals surface area contributed by atoms with E-state index in [1.807, 2.05) is 36.4 Å². The van der Waals surface area contributed by atoms with Crippen LogP contribution in [0.4, 0.5) is 9.59 Å². The second kappa shape index (κ2) is 14.5. The SMILES string of the molecule is O=C(NC1CCCC1)N[C@H]1CCCCC/C=C\[C@@H]2C[C@@]2(C(=O)NS(=O)(=O)C2CC2)NC(=O)[C@@H]2C[C@@H](NC(=O)N3Cc4ccccc4C3)CN2C1=O. The first-order chi connectivity index (χ1) is 24.5. The first kappa shape index (κ1) is 35.3. The number of allylic oxidation sites excluding steroid dienone is 1. The third-order valence-electron chi connectivity index (χ3n) is 11.3. The van der Waals surface area contributed by atoms with Gasteiger partial charge in [-0.25, -0.2) is 18.0 Å². The first-order valence-electron chi connectivity index (χ1n) is 18.6. The van der Waals surface area contributed by atoms with E-state index in [2.05, 4.69) is 26.0 Å². The highest BCUT2D eigenvalue weighted by molar-refractivity contribution is 7.91. The lowest BCUT2D eigenvalue weighted by molar-refractivity contribution is -0.141. The third-order valence-corrected chi connectivity index (χ3v) is 13.2. The zero-order valence-corrected chi connectivity index (χ0v) is 29.7. The first-order valence-corrected chi connectivity index (χ1v) is 20.1. The van der Waals surface area contributed by atoms with Gasteiger partial charge < -0.3 is 31.1 Å². The lowest BCUT2D eigenvalue weighted by Gasteiger charge is -2.30. The number of urea groups is 2. The van der Waals surface area contributed by atoms with Crippen molar-refractivity contribution in [2.45, 2.75) is 132 Å². The summed E-state index contributed by atoms with van der Waals surface area (Å²) >= 11 is 0. The van der Waals surface area contributed by atoms with E-state index in [4.69, 9.17) is 0 Å². The van der Waals surface area contributed by atoms with Crippen molar-refractivity contribution in [2.24, 2.45) is 5.92 Å². The zero-order chi connectivity index (χ0) is 35.8. The summed E-state index contributed by atoms with van der Waals surface area (Å²) in [5, 5.41) is 11.2. The number of nitrogens with one attached hydrogen (secondary N) is 5. The summed E-state index contributed by atoms with van der Waals surface area (Å²) in [5.74, 6) is -2.23. The number of amides is 7. The van der Waals surface area contributed by atoms with Gasteiger partial charge in [0.2, 0.25) is 21.8 Å². The summed E-state index contributed by atoms with van der Waals surface area (Å²) in [6.07, 6.45) is 12.3. The largest absolute Gasteiger partial charge is 0.339 e. The van der Waals surface area contributed by atoms with Crippen LogP contribution in [0.1, 0.15) is 94.6 Å². The molecule has 7 rings (SSSR count). The molecule has 51 heavy (non-hydrogen) atoms. The highest BCUT2D eigenvalue weighted by Gasteiger charge is 2.62. The molecule has 3 aliphatic heterocycles. The molecule has 15 heteroatoms.